The Morgan fingerprint density at radius 1 is 1.33 bits per heavy atom. The molecule has 174 valence electrons. The predicted octanol–water partition coefficient (Wildman–Crippen LogP) is 1.97. The van der Waals surface area contributed by atoms with Gasteiger partial charge in [-0.2, -0.15) is 4.98 Å². The topological polar surface area (TPSA) is 165 Å². The van der Waals surface area contributed by atoms with Crippen LogP contribution < -0.4 is 21.7 Å². The van der Waals surface area contributed by atoms with Crippen LogP contribution in [-0.4, -0.2) is 38.9 Å². The van der Waals surface area contributed by atoms with Gasteiger partial charge in [0.15, 0.2) is 11.6 Å². The molecule has 0 aliphatic heterocycles. The van der Waals surface area contributed by atoms with E-state index in [9.17, 15) is 24.1 Å². The molecule has 1 aromatic heterocycles. The van der Waals surface area contributed by atoms with Gasteiger partial charge in [-0.25, -0.2) is 14.2 Å². The molecular weight excluding hydrogens is 457 g/mol. The maximum atomic E-state index is 14.2. The first kappa shape index (κ1) is 22.6. The quantitative estimate of drug-likeness (QED) is 0.269. The SMILES string of the molecule is NC(=O)[C@H]1[C@@H]2C[C@@H]([C@H]1Nc1nc(Cl)ncc1F)[C@H](NC(=O)NCc1cccc([N+](=O)[O-])c1)C2. The van der Waals surface area contributed by atoms with Crippen LogP contribution in [0, 0.1) is 33.7 Å². The Balaban J connectivity index is 1.41. The maximum Gasteiger partial charge on any atom is 0.315 e. The number of fused-ring (bicyclic) bond motifs is 2. The molecule has 0 radical (unpaired) electrons. The fraction of sp³-hybridized carbons (Fsp3) is 0.400. The number of halogens is 2. The van der Waals surface area contributed by atoms with Crippen molar-refractivity contribution in [1.29, 1.82) is 0 Å². The Hall–Kier alpha value is -3.54. The fourth-order valence-electron chi connectivity index (χ4n) is 4.92. The van der Waals surface area contributed by atoms with E-state index < -0.39 is 34.6 Å². The van der Waals surface area contributed by atoms with Crippen LogP contribution in [0.4, 0.5) is 20.7 Å². The highest BCUT2D eigenvalue weighted by atomic mass is 35.5. The third kappa shape index (κ3) is 4.80. The van der Waals surface area contributed by atoms with Crippen molar-refractivity contribution in [1.82, 2.24) is 20.6 Å². The summed E-state index contributed by atoms with van der Waals surface area (Å²) in [6.45, 7) is 0.102. The van der Waals surface area contributed by atoms with Crippen molar-refractivity contribution in [2.75, 3.05) is 5.32 Å². The third-order valence-electron chi connectivity index (χ3n) is 6.24. The molecule has 11 nitrogen and oxygen atoms in total. The summed E-state index contributed by atoms with van der Waals surface area (Å²) in [5.41, 5.74) is 6.13. The van der Waals surface area contributed by atoms with Crippen LogP contribution in [0.3, 0.4) is 0 Å². The second kappa shape index (κ2) is 9.14. The maximum absolute atomic E-state index is 14.2. The number of nitrogens with one attached hydrogen (secondary N) is 3. The van der Waals surface area contributed by atoms with Gasteiger partial charge in [0.05, 0.1) is 17.0 Å². The van der Waals surface area contributed by atoms with Gasteiger partial charge >= 0.3 is 6.03 Å². The molecule has 5 N–H and O–H groups in total. The lowest BCUT2D eigenvalue weighted by molar-refractivity contribution is -0.384. The molecule has 5 atom stereocenters. The van der Waals surface area contributed by atoms with Crippen molar-refractivity contribution in [2.45, 2.75) is 31.5 Å². The molecular formula is C20H21ClFN7O4. The molecule has 2 bridgehead atoms. The number of primary amides is 1. The van der Waals surface area contributed by atoms with E-state index in [1.165, 1.54) is 12.1 Å². The average molecular weight is 478 g/mol. The molecule has 1 aromatic carbocycles. The highest BCUT2D eigenvalue weighted by Crippen LogP contribution is 2.49. The second-order valence-electron chi connectivity index (χ2n) is 8.19. The first-order chi connectivity index (χ1) is 15.7. The number of benzene rings is 1. The number of aromatic nitrogens is 2. The molecule has 2 fully saturated rings. The molecule has 1 heterocycles. The van der Waals surface area contributed by atoms with E-state index in [-0.39, 0.29) is 41.2 Å². The largest absolute Gasteiger partial charge is 0.369 e. The predicted molar refractivity (Wildman–Crippen MR) is 116 cm³/mol. The Labute approximate surface area is 192 Å². The number of carbonyl (C=O) groups is 2. The third-order valence-corrected chi connectivity index (χ3v) is 6.42. The zero-order chi connectivity index (χ0) is 23.7. The molecule has 2 aliphatic carbocycles. The number of hydrogen-bond acceptors (Lipinski definition) is 7. The summed E-state index contributed by atoms with van der Waals surface area (Å²) in [6.07, 6.45) is 2.11. The molecule has 0 unspecified atom stereocenters. The molecule has 2 aromatic rings. The Bertz CT molecular complexity index is 1100. The van der Waals surface area contributed by atoms with E-state index >= 15 is 0 Å². The van der Waals surface area contributed by atoms with E-state index in [4.69, 9.17) is 17.3 Å². The average Bonchev–Trinajstić information content (AvgIpc) is 3.33. The number of nitrogens with two attached hydrogens (primary N) is 1. The number of nitro groups is 1. The lowest BCUT2D eigenvalue weighted by Crippen LogP contribution is -2.53. The van der Waals surface area contributed by atoms with Gasteiger partial charge in [0.25, 0.3) is 5.69 Å². The van der Waals surface area contributed by atoms with Gasteiger partial charge in [0.2, 0.25) is 11.2 Å². The first-order valence-electron chi connectivity index (χ1n) is 10.2. The number of rotatable bonds is 7. The number of anilines is 1. The molecule has 13 heteroatoms. The number of non-ortho nitro benzene ring substituents is 1. The smallest absolute Gasteiger partial charge is 0.315 e. The highest BCUT2D eigenvalue weighted by molar-refractivity contribution is 6.28. The number of nitro benzene ring substituents is 1. The molecule has 3 amide bonds. The van der Waals surface area contributed by atoms with Crippen LogP contribution in [0.25, 0.3) is 0 Å². The normalized spacial score (nSPS) is 25.5. The van der Waals surface area contributed by atoms with Crippen LogP contribution in [0.5, 0.6) is 0 Å². The van der Waals surface area contributed by atoms with Crippen molar-refractivity contribution in [3.8, 4) is 0 Å². The number of hydrogen-bond donors (Lipinski definition) is 4. The van der Waals surface area contributed by atoms with Crippen molar-refractivity contribution in [3.05, 3.63) is 57.2 Å². The summed E-state index contributed by atoms with van der Waals surface area (Å²) < 4.78 is 14.2. The molecule has 4 rings (SSSR count). The lowest BCUT2D eigenvalue weighted by atomic mass is 9.81. The number of carbonyl (C=O) groups excluding carboxylic acids is 2. The second-order valence-corrected chi connectivity index (χ2v) is 8.53. The first-order valence-corrected chi connectivity index (χ1v) is 10.6. The number of nitrogens with zero attached hydrogens (tertiary/aromatic N) is 3. The Morgan fingerprint density at radius 3 is 2.85 bits per heavy atom. The van der Waals surface area contributed by atoms with E-state index in [0.29, 0.717) is 18.4 Å². The summed E-state index contributed by atoms with van der Waals surface area (Å²) in [5, 5.41) is 19.3. The molecule has 2 aliphatic rings. The minimum Gasteiger partial charge on any atom is -0.369 e. The number of amides is 3. The van der Waals surface area contributed by atoms with E-state index in [2.05, 4.69) is 25.9 Å². The summed E-state index contributed by atoms with van der Waals surface area (Å²) in [7, 11) is 0. The van der Waals surface area contributed by atoms with Gasteiger partial charge in [0, 0.05) is 36.7 Å². The summed E-state index contributed by atoms with van der Waals surface area (Å²) in [6, 6.07) is 4.69. The Morgan fingerprint density at radius 2 is 2.12 bits per heavy atom. The molecule has 0 spiro atoms. The van der Waals surface area contributed by atoms with Crippen LogP contribution in [0.15, 0.2) is 30.5 Å². The van der Waals surface area contributed by atoms with Crippen LogP contribution in [0.2, 0.25) is 5.28 Å². The number of urea groups is 1. The van der Waals surface area contributed by atoms with Gasteiger partial charge in [-0.15, -0.1) is 0 Å². The van der Waals surface area contributed by atoms with Crippen LogP contribution in [-0.2, 0) is 11.3 Å². The zero-order valence-electron chi connectivity index (χ0n) is 17.2. The van der Waals surface area contributed by atoms with Crippen molar-refractivity contribution >= 4 is 35.0 Å². The van der Waals surface area contributed by atoms with Crippen LogP contribution in [0.1, 0.15) is 18.4 Å². The fourth-order valence-corrected chi connectivity index (χ4v) is 5.05. The molecule has 33 heavy (non-hydrogen) atoms. The van der Waals surface area contributed by atoms with Crippen molar-refractivity contribution < 1.29 is 18.9 Å². The van der Waals surface area contributed by atoms with Gasteiger partial charge < -0.3 is 21.7 Å². The van der Waals surface area contributed by atoms with Gasteiger partial charge in [0.1, 0.15) is 0 Å². The van der Waals surface area contributed by atoms with Gasteiger partial charge in [-0.05, 0) is 35.9 Å². The minimum atomic E-state index is -0.718. The van der Waals surface area contributed by atoms with Crippen molar-refractivity contribution in [2.24, 2.45) is 23.5 Å². The summed E-state index contributed by atoms with van der Waals surface area (Å²) in [4.78, 5) is 42.4. The van der Waals surface area contributed by atoms with E-state index in [1.54, 1.807) is 12.1 Å². The van der Waals surface area contributed by atoms with Gasteiger partial charge in [-0.3, -0.25) is 14.9 Å². The Kier molecular flexibility index (Phi) is 6.27. The summed E-state index contributed by atoms with van der Waals surface area (Å²) in [5.74, 6) is -2.17. The summed E-state index contributed by atoms with van der Waals surface area (Å²) >= 11 is 5.77. The molecule has 2 saturated carbocycles. The standard InChI is InChI=1S/C20H21ClFN7O4/c21-19-24-8-13(22)18(28-19)27-16-12-5-10(15(16)17(23)30)6-14(12)26-20(31)25-7-9-2-1-3-11(4-9)29(32)33/h1-4,8,10,12,14-16H,5-7H2,(H2,23,30)(H,24,27,28)(H2,25,26,31)/t10-,12-,14-,15+,16-/m1/s1. The lowest BCUT2D eigenvalue weighted by Gasteiger charge is -2.35. The van der Waals surface area contributed by atoms with Crippen LogP contribution >= 0.6 is 11.6 Å². The minimum absolute atomic E-state index is 0.0636. The van der Waals surface area contributed by atoms with Crippen molar-refractivity contribution in [3.63, 3.8) is 0 Å². The van der Waals surface area contributed by atoms with E-state index in [1.807, 2.05) is 0 Å². The van der Waals surface area contributed by atoms with E-state index in [0.717, 1.165) is 6.20 Å². The zero-order valence-corrected chi connectivity index (χ0v) is 18.0. The monoisotopic (exact) mass is 477 g/mol. The van der Waals surface area contributed by atoms with Gasteiger partial charge in [-0.1, -0.05) is 12.1 Å². The highest BCUT2D eigenvalue weighted by Gasteiger charge is 2.55. The molecule has 0 saturated heterocycles.